The van der Waals surface area contributed by atoms with Gasteiger partial charge in [0.25, 0.3) is 0 Å². The lowest BCUT2D eigenvalue weighted by Gasteiger charge is -2.13. The number of alkyl halides is 4. The summed E-state index contributed by atoms with van der Waals surface area (Å²) in [7, 11) is 0. The number of hydrogen-bond acceptors (Lipinski definition) is 2. The van der Waals surface area contributed by atoms with Gasteiger partial charge in [-0.25, -0.2) is 9.18 Å². The molecule has 1 rings (SSSR count). The van der Waals surface area contributed by atoms with Gasteiger partial charge in [0.2, 0.25) is 0 Å². The zero-order valence-corrected chi connectivity index (χ0v) is 11.7. The van der Waals surface area contributed by atoms with Gasteiger partial charge in [0, 0.05) is 0 Å². The van der Waals surface area contributed by atoms with Crippen molar-refractivity contribution in [3.8, 4) is 0 Å². The van der Waals surface area contributed by atoms with Crippen molar-refractivity contribution in [2.24, 2.45) is 5.92 Å². The summed E-state index contributed by atoms with van der Waals surface area (Å²) >= 11 is 0. The van der Waals surface area contributed by atoms with Crippen LogP contribution in [0.5, 0.6) is 0 Å². The molecule has 1 atom stereocenters. The molecule has 116 valence electrons. The van der Waals surface area contributed by atoms with Crippen molar-refractivity contribution >= 4 is 5.97 Å². The highest BCUT2D eigenvalue weighted by Gasteiger charge is 2.30. The van der Waals surface area contributed by atoms with E-state index >= 15 is 0 Å². The number of halogens is 4. The minimum Gasteiger partial charge on any atom is -0.462 e. The molecule has 0 amide bonds. The number of ether oxygens (including phenoxy) is 1. The Morgan fingerprint density at radius 3 is 2.19 bits per heavy atom. The summed E-state index contributed by atoms with van der Waals surface area (Å²) in [5, 5.41) is 0. The minimum atomic E-state index is -4.49. The molecule has 0 fully saturated rings. The molecule has 21 heavy (non-hydrogen) atoms. The molecule has 0 aromatic heterocycles. The number of carbonyl (C=O) groups excluding carboxylic acids is 1. The summed E-state index contributed by atoms with van der Waals surface area (Å²) in [5.74, 6) is -0.804. The lowest BCUT2D eigenvalue weighted by Crippen LogP contribution is -2.15. The number of benzene rings is 1. The highest BCUT2D eigenvalue weighted by molar-refractivity contribution is 5.89. The van der Waals surface area contributed by atoms with Crippen LogP contribution in [0, 0.1) is 5.92 Å². The molecule has 0 radical (unpaired) electrons. The molecule has 0 saturated carbocycles. The van der Waals surface area contributed by atoms with Gasteiger partial charge in [-0.15, -0.1) is 0 Å². The summed E-state index contributed by atoms with van der Waals surface area (Å²) in [6.45, 7) is 7.07. The molecule has 1 aromatic carbocycles. The van der Waals surface area contributed by atoms with Gasteiger partial charge in [-0.1, -0.05) is 32.6 Å². The fourth-order valence-corrected chi connectivity index (χ4v) is 1.48. The van der Waals surface area contributed by atoms with E-state index in [4.69, 9.17) is 4.74 Å². The summed E-state index contributed by atoms with van der Waals surface area (Å²) in [6, 6.07) is 3.48. The quantitative estimate of drug-likeness (QED) is 0.456. The molecule has 0 N–H and O–H groups in total. The second-order valence-electron chi connectivity index (χ2n) is 5.00. The Hall–Kier alpha value is -1.85. The van der Waals surface area contributed by atoms with Gasteiger partial charge in [0.1, 0.15) is 0 Å². The molecule has 0 aliphatic carbocycles. The SMILES string of the molecule is C=C(C(=O)OCC(C)C)C(F)c1ccc(C(F)(F)F)cc1. The van der Waals surface area contributed by atoms with Crippen LogP contribution >= 0.6 is 0 Å². The summed E-state index contributed by atoms with van der Waals surface area (Å²) in [4.78, 5) is 11.5. The monoisotopic (exact) mass is 304 g/mol. The molecular weight excluding hydrogens is 288 g/mol. The minimum absolute atomic E-state index is 0.0745. The normalized spacial score (nSPS) is 13.1. The third-order valence-corrected chi connectivity index (χ3v) is 2.65. The van der Waals surface area contributed by atoms with Gasteiger partial charge in [-0.2, -0.15) is 13.2 Å². The predicted octanol–water partition coefficient (Wildman–Crippen LogP) is 4.47. The van der Waals surface area contributed by atoms with Gasteiger partial charge >= 0.3 is 12.1 Å². The Balaban J connectivity index is 2.76. The van der Waals surface area contributed by atoms with Crippen LogP contribution in [0.4, 0.5) is 17.6 Å². The van der Waals surface area contributed by atoms with Crippen molar-refractivity contribution in [1.82, 2.24) is 0 Å². The van der Waals surface area contributed by atoms with E-state index in [1.807, 2.05) is 13.8 Å². The van der Waals surface area contributed by atoms with Crippen molar-refractivity contribution in [2.75, 3.05) is 6.61 Å². The highest BCUT2D eigenvalue weighted by atomic mass is 19.4. The van der Waals surface area contributed by atoms with Gasteiger partial charge in [0.05, 0.1) is 17.7 Å². The molecular formula is C15H16F4O2. The van der Waals surface area contributed by atoms with Gasteiger partial charge in [-0.05, 0) is 23.6 Å². The van der Waals surface area contributed by atoms with Crippen LogP contribution in [0.15, 0.2) is 36.4 Å². The Morgan fingerprint density at radius 1 is 1.24 bits per heavy atom. The first-order chi connectivity index (χ1) is 9.62. The Kier molecular flexibility index (Phi) is 5.52. The average Bonchev–Trinajstić information content (AvgIpc) is 2.42. The van der Waals surface area contributed by atoms with E-state index in [9.17, 15) is 22.4 Å². The molecule has 0 aliphatic heterocycles. The standard InChI is InChI=1S/C15H16F4O2/c1-9(2)8-21-14(20)10(3)13(16)11-4-6-12(7-5-11)15(17,18)19/h4-7,9,13H,3,8H2,1-2H3. The Morgan fingerprint density at radius 2 is 1.76 bits per heavy atom. The third kappa shape index (κ3) is 4.88. The van der Waals surface area contributed by atoms with Crippen molar-refractivity contribution in [3.63, 3.8) is 0 Å². The number of esters is 1. The highest BCUT2D eigenvalue weighted by Crippen LogP contribution is 2.32. The maximum absolute atomic E-state index is 14.1. The number of hydrogen-bond donors (Lipinski definition) is 0. The van der Waals surface area contributed by atoms with Crippen molar-refractivity contribution in [3.05, 3.63) is 47.5 Å². The molecule has 1 aromatic rings. The molecule has 1 unspecified atom stereocenters. The van der Waals surface area contributed by atoms with Crippen LogP contribution in [-0.2, 0) is 15.7 Å². The molecule has 2 nitrogen and oxygen atoms in total. The van der Waals surface area contributed by atoms with E-state index in [2.05, 4.69) is 6.58 Å². The largest absolute Gasteiger partial charge is 0.462 e. The van der Waals surface area contributed by atoms with E-state index in [0.717, 1.165) is 24.3 Å². The number of carbonyl (C=O) groups is 1. The van der Waals surface area contributed by atoms with Crippen LogP contribution in [0.3, 0.4) is 0 Å². The van der Waals surface area contributed by atoms with Crippen LogP contribution in [0.25, 0.3) is 0 Å². The molecule has 0 heterocycles. The van der Waals surface area contributed by atoms with Gasteiger partial charge < -0.3 is 4.74 Å². The maximum atomic E-state index is 14.1. The summed E-state index contributed by atoms with van der Waals surface area (Å²) in [6.07, 6.45) is -6.38. The van der Waals surface area contributed by atoms with Crippen molar-refractivity contribution < 1.29 is 27.1 Å². The van der Waals surface area contributed by atoms with Crippen molar-refractivity contribution in [1.29, 1.82) is 0 Å². The fourth-order valence-electron chi connectivity index (χ4n) is 1.48. The van der Waals surface area contributed by atoms with E-state index < -0.39 is 29.5 Å². The Bertz CT molecular complexity index is 503. The first kappa shape index (κ1) is 17.2. The average molecular weight is 304 g/mol. The fraction of sp³-hybridized carbons (Fsp3) is 0.400. The lowest BCUT2D eigenvalue weighted by atomic mass is 10.0. The third-order valence-electron chi connectivity index (χ3n) is 2.65. The molecule has 0 bridgehead atoms. The van der Waals surface area contributed by atoms with Crippen LogP contribution in [0.1, 0.15) is 31.1 Å². The van der Waals surface area contributed by atoms with Crippen LogP contribution < -0.4 is 0 Å². The lowest BCUT2D eigenvalue weighted by molar-refractivity contribution is -0.141. The maximum Gasteiger partial charge on any atom is 0.416 e. The first-order valence-electron chi connectivity index (χ1n) is 6.30. The van der Waals surface area contributed by atoms with E-state index in [1.165, 1.54) is 0 Å². The molecule has 0 aliphatic rings. The van der Waals surface area contributed by atoms with E-state index in [0.29, 0.717) is 0 Å². The Labute approximate surface area is 120 Å². The number of rotatable bonds is 5. The van der Waals surface area contributed by atoms with Crippen LogP contribution in [0.2, 0.25) is 0 Å². The summed E-state index contributed by atoms with van der Waals surface area (Å²) in [5.41, 5.74) is -1.39. The van der Waals surface area contributed by atoms with E-state index in [-0.39, 0.29) is 18.1 Å². The second-order valence-corrected chi connectivity index (χ2v) is 5.00. The van der Waals surface area contributed by atoms with Gasteiger partial charge in [-0.3, -0.25) is 0 Å². The molecule has 6 heteroatoms. The molecule has 0 spiro atoms. The predicted molar refractivity (Wildman–Crippen MR) is 70.2 cm³/mol. The first-order valence-corrected chi connectivity index (χ1v) is 6.30. The van der Waals surface area contributed by atoms with E-state index in [1.54, 1.807) is 0 Å². The topological polar surface area (TPSA) is 26.3 Å². The zero-order valence-electron chi connectivity index (χ0n) is 11.7. The molecule has 0 saturated heterocycles. The zero-order chi connectivity index (χ0) is 16.2. The smallest absolute Gasteiger partial charge is 0.416 e. The van der Waals surface area contributed by atoms with Gasteiger partial charge in [0.15, 0.2) is 6.17 Å². The summed E-state index contributed by atoms with van der Waals surface area (Å²) < 4.78 is 56.1. The van der Waals surface area contributed by atoms with Crippen LogP contribution in [-0.4, -0.2) is 12.6 Å². The van der Waals surface area contributed by atoms with Crippen molar-refractivity contribution in [2.45, 2.75) is 26.2 Å². The second kappa shape index (κ2) is 6.74.